The molecular weight excluding hydrogens is 284 g/mol. The van der Waals surface area contributed by atoms with Crippen molar-refractivity contribution >= 4 is 34.7 Å². The van der Waals surface area contributed by atoms with Crippen molar-refractivity contribution in [1.29, 1.82) is 0 Å². The average Bonchev–Trinajstić information content (AvgIpc) is 2.83. The van der Waals surface area contributed by atoms with Gasteiger partial charge in [0.15, 0.2) is 0 Å². The average molecular weight is 295 g/mol. The van der Waals surface area contributed by atoms with Crippen LogP contribution in [0.15, 0.2) is 41.0 Å². The van der Waals surface area contributed by atoms with Gasteiger partial charge in [0, 0.05) is 12.1 Å². The molecule has 0 saturated heterocycles. The standard InChI is InChI=1S/C13H11ClN2O2S/c14-11-10(5-6-18-11)13(17)16-7-8-1-3-9(4-2-8)12(15)19/h1-6H,7H2,(H2,15,19)(H,16,17). The van der Waals surface area contributed by atoms with E-state index < -0.39 is 0 Å². The van der Waals surface area contributed by atoms with Crippen LogP contribution in [-0.2, 0) is 6.54 Å². The van der Waals surface area contributed by atoms with Crippen molar-refractivity contribution in [3.8, 4) is 0 Å². The van der Waals surface area contributed by atoms with Gasteiger partial charge in [-0.15, -0.1) is 0 Å². The van der Waals surface area contributed by atoms with E-state index >= 15 is 0 Å². The number of carbonyl (C=O) groups excluding carboxylic acids is 1. The number of halogens is 1. The molecule has 0 spiro atoms. The molecule has 4 nitrogen and oxygen atoms in total. The molecule has 0 bridgehead atoms. The Labute approximate surface area is 120 Å². The first-order valence-corrected chi connectivity index (χ1v) is 6.26. The van der Waals surface area contributed by atoms with Crippen LogP contribution >= 0.6 is 23.8 Å². The Hall–Kier alpha value is -1.85. The van der Waals surface area contributed by atoms with Gasteiger partial charge >= 0.3 is 0 Å². The van der Waals surface area contributed by atoms with Crippen molar-refractivity contribution in [1.82, 2.24) is 5.32 Å². The van der Waals surface area contributed by atoms with Gasteiger partial charge in [0.05, 0.1) is 11.8 Å². The molecule has 0 saturated carbocycles. The van der Waals surface area contributed by atoms with E-state index in [4.69, 9.17) is 34.0 Å². The number of hydrogen-bond donors (Lipinski definition) is 2. The summed E-state index contributed by atoms with van der Waals surface area (Å²) in [5.74, 6) is -0.280. The van der Waals surface area contributed by atoms with Crippen LogP contribution in [0.4, 0.5) is 0 Å². The number of thiocarbonyl (C=S) groups is 1. The largest absolute Gasteiger partial charge is 0.452 e. The number of nitrogens with one attached hydrogen (secondary N) is 1. The lowest BCUT2D eigenvalue weighted by atomic mass is 10.1. The van der Waals surface area contributed by atoms with Crippen LogP contribution in [0.25, 0.3) is 0 Å². The van der Waals surface area contributed by atoms with Crippen LogP contribution in [-0.4, -0.2) is 10.9 Å². The minimum atomic E-state index is -0.280. The fraction of sp³-hybridized carbons (Fsp3) is 0.0769. The molecule has 19 heavy (non-hydrogen) atoms. The molecule has 98 valence electrons. The van der Waals surface area contributed by atoms with Crippen LogP contribution in [0.3, 0.4) is 0 Å². The summed E-state index contributed by atoms with van der Waals surface area (Å²) in [7, 11) is 0. The first kappa shape index (κ1) is 13.6. The van der Waals surface area contributed by atoms with E-state index in [-0.39, 0.29) is 11.1 Å². The molecule has 6 heteroatoms. The monoisotopic (exact) mass is 294 g/mol. The molecular formula is C13H11ClN2O2S. The van der Waals surface area contributed by atoms with Gasteiger partial charge in [-0.25, -0.2) is 0 Å². The highest BCUT2D eigenvalue weighted by Crippen LogP contribution is 2.16. The quantitative estimate of drug-likeness (QED) is 0.850. The van der Waals surface area contributed by atoms with Gasteiger partial charge < -0.3 is 15.5 Å². The maximum atomic E-state index is 11.8. The minimum absolute atomic E-state index is 0.0846. The van der Waals surface area contributed by atoms with Crippen molar-refractivity contribution in [3.63, 3.8) is 0 Å². The number of nitrogens with two attached hydrogens (primary N) is 1. The van der Waals surface area contributed by atoms with Crippen LogP contribution in [0.5, 0.6) is 0 Å². The van der Waals surface area contributed by atoms with E-state index in [9.17, 15) is 4.79 Å². The highest BCUT2D eigenvalue weighted by molar-refractivity contribution is 7.80. The predicted octanol–water partition coefficient (Wildman–Crippen LogP) is 2.50. The molecule has 2 aromatic rings. The first-order valence-electron chi connectivity index (χ1n) is 5.48. The molecule has 1 amide bonds. The number of rotatable bonds is 4. The van der Waals surface area contributed by atoms with E-state index in [2.05, 4.69) is 5.32 Å². The number of amides is 1. The summed E-state index contributed by atoms with van der Waals surface area (Å²) in [4.78, 5) is 12.1. The molecule has 0 radical (unpaired) electrons. The number of benzene rings is 1. The zero-order valence-corrected chi connectivity index (χ0v) is 11.4. The molecule has 0 aliphatic rings. The number of carbonyl (C=O) groups is 1. The molecule has 0 unspecified atom stereocenters. The highest BCUT2D eigenvalue weighted by Gasteiger charge is 2.12. The molecule has 0 aliphatic carbocycles. The van der Waals surface area contributed by atoms with E-state index in [1.54, 1.807) is 0 Å². The number of hydrogen-bond acceptors (Lipinski definition) is 3. The lowest BCUT2D eigenvalue weighted by Gasteiger charge is -2.05. The van der Waals surface area contributed by atoms with Crippen LogP contribution < -0.4 is 11.1 Å². The van der Waals surface area contributed by atoms with Gasteiger partial charge in [0.1, 0.15) is 4.99 Å². The molecule has 1 heterocycles. The molecule has 3 N–H and O–H groups in total. The van der Waals surface area contributed by atoms with Crippen molar-refractivity contribution in [2.24, 2.45) is 5.73 Å². The van der Waals surface area contributed by atoms with Gasteiger partial charge in [-0.1, -0.05) is 36.5 Å². The second-order valence-corrected chi connectivity index (χ2v) is 4.63. The maximum absolute atomic E-state index is 11.8. The van der Waals surface area contributed by atoms with E-state index in [0.717, 1.165) is 11.1 Å². The van der Waals surface area contributed by atoms with Gasteiger partial charge in [0.2, 0.25) is 5.22 Å². The number of furan rings is 1. The van der Waals surface area contributed by atoms with Gasteiger partial charge in [0.25, 0.3) is 5.91 Å². The SMILES string of the molecule is NC(=S)c1ccc(CNC(=O)c2ccoc2Cl)cc1. The van der Waals surface area contributed by atoms with Crippen molar-refractivity contribution < 1.29 is 9.21 Å². The lowest BCUT2D eigenvalue weighted by Crippen LogP contribution is -2.22. The Morgan fingerprint density at radius 3 is 2.53 bits per heavy atom. The molecule has 0 atom stereocenters. The summed E-state index contributed by atoms with van der Waals surface area (Å²) in [6.45, 7) is 0.387. The van der Waals surface area contributed by atoms with E-state index in [0.29, 0.717) is 17.1 Å². The Morgan fingerprint density at radius 2 is 2.00 bits per heavy atom. The van der Waals surface area contributed by atoms with Crippen molar-refractivity contribution in [2.45, 2.75) is 6.54 Å². The maximum Gasteiger partial charge on any atom is 0.256 e. The van der Waals surface area contributed by atoms with Crippen molar-refractivity contribution in [2.75, 3.05) is 0 Å². The minimum Gasteiger partial charge on any atom is -0.452 e. The van der Waals surface area contributed by atoms with Gasteiger partial charge in [-0.3, -0.25) is 4.79 Å². The third kappa shape index (κ3) is 3.33. The van der Waals surface area contributed by atoms with E-state index in [1.807, 2.05) is 24.3 Å². The fourth-order valence-corrected chi connectivity index (χ4v) is 1.86. The highest BCUT2D eigenvalue weighted by atomic mass is 35.5. The van der Waals surface area contributed by atoms with Gasteiger partial charge in [-0.2, -0.15) is 0 Å². The summed E-state index contributed by atoms with van der Waals surface area (Å²) in [6, 6.07) is 8.86. The van der Waals surface area contributed by atoms with Gasteiger partial charge in [-0.05, 0) is 23.2 Å². The van der Waals surface area contributed by atoms with Crippen LogP contribution in [0.2, 0.25) is 5.22 Å². The summed E-state index contributed by atoms with van der Waals surface area (Å²) in [6.07, 6.45) is 1.37. The predicted molar refractivity (Wildman–Crippen MR) is 77.2 cm³/mol. The second-order valence-electron chi connectivity index (χ2n) is 3.85. The summed E-state index contributed by atoms with van der Waals surface area (Å²) < 4.78 is 4.86. The summed E-state index contributed by atoms with van der Waals surface area (Å²) in [5, 5.41) is 2.83. The topological polar surface area (TPSA) is 68.3 Å². The molecule has 1 aromatic heterocycles. The Bertz CT molecular complexity index is 607. The second kappa shape index (κ2) is 5.86. The van der Waals surface area contributed by atoms with Crippen molar-refractivity contribution in [3.05, 3.63) is 58.5 Å². The molecule has 0 fully saturated rings. The normalized spacial score (nSPS) is 10.2. The Morgan fingerprint density at radius 1 is 1.32 bits per heavy atom. The summed E-state index contributed by atoms with van der Waals surface area (Å²) in [5.41, 5.74) is 7.56. The van der Waals surface area contributed by atoms with Crippen LogP contribution in [0.1, 0.15) is 21.5 Å². The molecule has 2 rings (SSSR count). The molecule has 1 aromatic carbocycles. The third-order valence-corrected chi connectivity index (χ3v) is 3.08. The smallest absolute Gasteiger partial charge is 0.256 e. The third-order valence-electron chi connectivity index (χ3n) is 2.55. The molecule has 0 aliphatic heterocycles. The first-order chi connectivity index (χ1) is 9.08. The van der Waals surface area contributed by atoms with E-state index in [1.165, 1.54) is 12.3 Å². The summed E-state index contributed by atoms with van der Waals surface area (Å²) >= 11 is 10.6. The lowest BCUT2D eigenvalue weighted by molar-refractivity contribution is 0.0950. The zero-order chi connectivity index (χ0) is 13.8. The Balaban J connectivity index is 1.97. The fourth-order valence-electron chi connectivity index (χ4n) is 1.52. The zero-order valence-electron chi connectivity index (χ0n) is 9.85. The van der Waals surface area contributed by atoms with Crippen LogP contribution in [0, 0.1) is 0 Å². The Kier molecular flexibility index (Phi) is 4.19.